The Labute approximate surface area is 475 Å². The lowest BCUT2D eigenvalue weighted by atomic mass is 10.0. The van der Waals surface area contributed by atoms with Crippen molar-refractivity contribution in [2.75, 3.05) is 13.2 Å². The van der Waals surface area contributed by atoms with Crippen molar-refractivity contribution in [3.8, 4) is 0 Å². The van der Waals surface area contributed by atoms with Crippen LogP contribution < -0.4 is 5.32 Å². The van der Waals surface area contributed by atoms with Gasteiger partial charge in [0, 0.05) is 12.8 Å². The highest BCUT2D eigenvalue weighted by molar-refractivity contribution is 5.76. The number of rotatable bonds is 65. The molecule has 76 heavy (non-hydrogen) atoms. The van der Waals surface area contributed by atoms with E-state index in [1.54, 1.807) is 0 Å². The molecule has 0 aliphatic rings. The molecule has 0 heterocycles. The highest BCUT2D eigenvalue weighted by Gasteiger charge is 2.20. The molecular formula is C70H135NO5. The molecule has 0 aromatic rings. The Kier molecular flexibility index (Phi) is 64.4. The van der Waals surface area contributed by atoms with Crippen molar-refractivity contribution in [3.05, 3.63) is 24.3 Å². The van der Waals surface area contributed by atoms with Crippen molar-refractivity contribution in [2.45, 2.75) is 398 Å². The first kappa shape index (κ1) is 74.3. The number of carbonyl (C=O) groups excluding carboxylic acids is 2. The van der Waals surface area contributed by atoms with Gasteiger partial charge in [-0.1, -0.05) is 340 Å². The summed E-state index contributed by atoms with van der Waals surface area (Å²) in [5, 5.41) is 23.3. The molecule has 0 bridgehead atoms. The number of allylic oxidation sites excluding steroid dienone is 4. The van der Waals surface area contributed by atoms with Crippen molar-refractivity contribution < 1.29 is 24.5 Å². The summed E-state index contributed by atoms with van der Waals surface area (Å²) in [7, 11) is 0. The van der Waals surface area contributed by atoms with Crippen LogP contribution in [-0.4, -0.2) is 47.4 Å². The summed E-state index contributed by atoms with van der Waals surface area (Å²) >= 11 is 0. The fraction of sp³-hybridized carbons (Fsp3) is 0.914. The Morgan fingerprint density at radius 2 is 0.658 bits per heavy atom. The molecule has 3 N–H and O–H groups in total. The molecule has 0 aromatic carbocycles. The van der Waals surface area contributed by atoms with E-state index in [0.29, 0.717) is 25.9 Å². The molecule has 0 aromatic heterocycles. The number of aliphatic hydroxyl groups is 2. The summed E-state index contributed by atoms with van der Waals surface area (Å²) < 4.78 is 5.49. The van der Waals surface area contributed by atoms with Crippen molar-refractivity contribution in [3.63, 3.8) is 0 Å². The molecule has 0 saturated heterocycles. The third-order valence-corrected chi connectivity index (χ3v) is 16.3. The van der Waals surface area contributed by atoms with Crippen molar-refractivity contribution in [2.24, 2.45) is 0 Å². The first-order chi connectivity index (χ1) is 37.5. The van der Waals surface area contributed by atoms with Gasteiger partial charge in [-0.05, 0) is 57.8 Å². The summed E-state index contributed by atoms with van der Waals surface area (Å²) in [5.74, 6) is -0.0180. The van der Waals surface area contributed by atoms with Crippen LogP contribution in [0.1, 0.15) is 386 Å². The summed E-state index contributed by atoms with van der Waals surface area (Å²) in [6, 6.07) is -0.542. The van der Waals surface area contributed by atoms with Gasteiger partial charge in [-0.25, -0.2) is 0 Å². The number of hydrogen-bond acceptors (Lipinski definition) is 5. The SMILES string of the molecule is CCCCCCCCCCCCCCCCCCC(O)C(CO)NC(=O)CCCCCCCCCCCCCCC/C=C\C/C=C\CCCCCCCCCCCOC(=O)CCCCCCCCCCCCCCCC. The molecule has 1 amide bonds. The minimum absolute atomic E-state index is 0.0149. The Balaban J connectivity index is 3.39. The Morgan fingerprint density at radius 1 is 0.368 bits per heavy atom. The van der Waals surface area contributed by atoms with E-state index in [1.165, 1.54) is 308 Å². The Morgan fingerprint density at radius 3 is 1.00 bits per heavy atom. The van der Waals surface area contributed by atoms with E-state index in [0.717, 1.165) is 44.9 Å². The van der Waals surface area contributed by atoms with Gasteiger partial charge >= 0.3 is 5.97 Å². The maximum Gasteiger partial charge on any atom is 0.305 e. The number of hydrogen-bond donors (Lipinski definition) is 3. The lowest BCUT2D eigenvalue weighted by Gasteiger charge is -2.22. The fourth-order valence-corrected chi connectivity index (χ4v) is 11.0. The van der Waals surface area contributed by atoms with Crippen molar-refractivity contribution >= 4 is 11.9 Å². The maximum atomic E-state index is 12.5. The molecule has 2 unspecified atom stereocenters. The number of esters is 1. The van der Waals surface area contributed by atoms with E-state index in [2.05, 4.69) is 43.5 Å². The minimum atomic E-state index is -0.665. The van der Waals surface area contributed by atoms with Crippen LogP contribution in [-0.2, 0) is 14.3 Å². The van der Waals surface area contributed by atoms with Crippen LogP contribution >= 0.6 is 0 Å². The van der Waals surface area contributed by atoms with E-state index in [4.69, 9.17) is 4.74 Å². The van der Waals surface area contributed by atoms with E-state index in [-0.39, 0.29) is 18.5 Å². The monoisotopic (exact) mass is 1070 g/mol. The third kappa shape index (κ3) is 61.6. The predicted molar refractivity (Wildman–Crippen MR) is 333 cm³/mol. The summed E-state index contributed by atoms with van der Waals surface area (Å²) in [4.78, 5) is 24.6. The molecule has 0 radical (unpaired) electrons. The van der Waals surface area contributed by atoms with Crippen LogP contribution in [0.3, 0.4) is 0 Å². The van der Waals surface area contributed by atoms with Crippen molar-refractivity contribution in [1.82, 2.24) is 5.32 Å². The molecular weight excluding hydrogens is 935 g/mol. The quantitative estimate of drug-likeness (QED) is 0.0320. The average molecular weight is 1070 g/mol. The topological polar surface area (TPSA) is 95.9 Å². The zero-order valence-electron chi connectivity index (χ0n) is 51.5. The predicted octanol–water partition coefficient (Wildman–Crippen LogP) is 22.1. The number of nitrogens with one attached hydrogen (secondary N) is 1. The van der Waals surface area contributed by atoms with Crippen LogP contribution in [0, 0.1) is 0 Å². The van der Waals surface area contributed by atoms with Gasteiger partial charge in [0.1, 0.15) is 0 Å². The molecule has 6 nitrogen and oxygen atoms in total. The number of unbranched alkanes of at least 4 members (excludes halogenated alkanes) is 50. The largest absolute Gasteiger partial charge is 0.466 e. The second-order valence-corrected chi connectivity index (χ2v) is 23.9. The van der Waals surface area contributed by atoms with Crippen LogP contribution in [0.15, 0.2) is 24.3 Å². The normalized spacial score (nSPS) is 12.6. The van der Waals surface area contributed by atoms with Gasteiger partial charge in [-0.2, -0.15) is 0 Å². The third-order valence-electron chi connectivity index (χ3n) is 16.3. The lowest BCUT2D eigenvalue weighted by molar-refractivity contribution is -0.143. The van der Waals surface area contributed by atoms with Gasteiger partial charge in [0.2, 0.25) is 5.91 Å². The molecule has 0 fully saturated rings. The van der Waals surface area contributed by atoms with Gasteiger partial charge in [-0.15, -0.1) is 0 Å². The summed E-state index contributed by atoms with van der Waals surface area (Å²) in [6.07, 6.45) is 82.2. The fourth-order valence-electron chi connectivity index (χ4n) is 11.0. The van der Waals surface area contributed by atoms with Gasteiger partial charge in [0.25, 0.3) is 0 Å². The molecule has 0 spiro atoms. The standard InChI is InChI=1S/C70H135NO5/c1-3-5-7-9-11-13-15-17-19-35-38-42-46-50-54-58-62-68(73)67(66-72)71-69(74)63-59-55-51-47-43-39-36-33-31-29-27-25-23-21-20-22-24-26-28-30-32-34-37-41-45-49-53-57-61-65-76-70(75)64-60-56-52-48-44-40-18-16-14-12-10-8-6-4-2/h20,22,26,28,67-68,72-73H,3-19,21,23-25,27,29-66H2,1-2H3,(H,71,74)/b22-20-,28-26-. The van der Waals surface area contributed by atoms with E-state index in [9.17, 15) is 19.8 Å². The smallest absolute Gasteiger partial charge is 0.305 e. The van der Waals surface area contributed by atoms with Gasteiger partial charge in [-0.3, -0.25) is 9.59 Å². The highest BCUT2D eigenvalue weighted by atomic mass is 16.5. The second-order valence-electron chi connectivity index (χ2n) is 23.9. The number of aliphatic hydroxyl groups excluding tert-OH is 2. The van der Waals surface area contributed by atoms with Crippen LogP contribution in [0.25, 0.3) is 0 Å². The zero-order valence-corrected chi connectivity index (χ0v) is 51.5. The van der Waals surface area contributed by atoms with Crippen LogP contribution in [0.4, 0.5) is 0 Å². The summed E-state index contributed by atoms with van der Waals surface area (Å²) in [5.41, 5.74) is 0. The Hall–Kier alpha value is -1.66. The number of ether oxygens (including phenoxy) is 1. The van der Waals surface area contributed by atoms with Gasteiger partial charge in [0.15, 0.2) is 0 Å². The van der Waals surface area contributed by atoms with Crippen LogP contribution in [0.2, 0.25) is 0 Å². The molecule has 0 rings (SSSR count). The first-order valence-corrected chi connectivity index (χ1v) is 34.6. The van der Waals surface area contributed by atoms with Crippen LogP contribution in [0.5, 0.6) is 0 Å². The molecule has 450 valence electrons. The summed E-state index contributed by atoms with van der Waals surface area (Å²) in [6.45, 7) is 4.98. The molecule has 6 heteroatoms. The zero-order chi connectivity index (χ0) is 55.0. The number of carbonyl (C=O) groups is 2. The average Bonchev–Trinajstić information content (AvgIpc) is 3.42. The van der Waals surface area contributed by atoms with E-state index in [1.807, 2.05) is 0 Å². The highest BCUT2D eigenvalue weighted by Crippen LogP contribution is 2.19. The van der Waals surface area contributed by atoms with Gasteiger partial charge in [0.05, 0.1) is 25.4 Å². The molecule has 0 saturated carbocycles. The van der Waals surface area contributed by atoms with E-state index >= 15 is 0 Å². The van der Waals surface area contributed by atoms with Gasteiger partial charge < -0.3 is 20.3 Å². The minimum Gasteiger partial charge on any atom is -0.466 e. The van der Waals surface area contributed by atoms with Crippen molar-refractivity contribution in [1.29, 1.82) is 0 Å². The molecule has 0 aliphatic heterocycles. The molecule has 0 aliphatic carbocycles. The number of amides is 1. The molecule has 2 atom stereocenters. The maximum absolute atomic E-state index is 12.5. The lowest BCUT2D eigenvalue weighted by Crippen LogP contribution is -2.45. The van der Waals surface area contributed by atoms with E-state index < -0.39 is 12.1 Å². The second kappa shape index (κ2) is 65.9. The first-order valence-electron chi connectivity index (χ1n) is 34.6. The Bertz CT molecular complexity index is 1190.